The van der Waals surface area contributed by atoms with E-state index in [1.54, 1.807) is 7.11 Å². The molecule has 2 aromatic carbocycles. The van der Waals surface area contributed by atoms with Crippen molar-refractivity contribution in [2.24, 2.45) is 0 Å². The molecule has 0 aliphatic carbocycles. The van der Waals surface area contributed by atoms with Gasteiger partial charge in [-0.05, 0) is 29.3 Å². The van der Waals surface area contributed by atoms with E-state index in [-0.39, 0.29) is 0 Å². The number of benzene rings is 2. The zero-order valence-electron chi connectivity index (χ0n) is 11.5. The Balaban J connectivity index is 2.25. The molecular weight excluding hydrogens is 254 g/mol. The molecule has 0 aromatic heterocycles. The molecule has 0 radical (unpaired) electrons. The fraction of sp³-hybridized carbons (Fsp3) is 0.312. The minimum atomic E-state index is -0.862. The van der Waals surface area contributed by atoms with Gasteiger partial charge in [-0.3, -0.25) is 4.79 Å². The lowest BCUT2D eigenvalue weighted by molar-refractivity contribution is -0.139. The van der Waals surface area contributed by atoms with Crippen LogP contribution in [0.3, 0.4) is 0 Å². The summed E-state index contributed by atoms with van der Waals surface area (Å²) in [6.45, 7) is 1.23. The summed E-state index contributed by atoms with van der Waals surface area (Å²) < 4.78 is 4.97. The molecule has 106 valence electrons. The topological polar surface area (TPSA) is 58.6 Å². The first-order valence-electron chi connectivity index (χ1n) is 6.67. The SMILES string of the molecule is COCCCNC(C(=O)O)c1cccc2ccccc12. The number of methoxy groups -OCH3 is 1. The van der Waals surface area contributed by atoms with Crippen molar-refractivity contribution in [1.82, 2.24) is 5.32 Å². The molecule has 0 aliphatic rings. The minimum Gasteiger partial charge on any atom is -0.480 e. The summed E-state index contributed by atoms with van der Waals surface area (Å²) in [7, 11) is 1.64. The molecule has 0 bridgehead atoms. The standard InChI is InChI=1S/C16H19NO3/c1-20-11-5-10-17-15(16(18)19)14-9-4-7-12-6-2-3-8-13(12)14/h2-4,6-9,15,17H,5,10-11H2,1H3,(H,18,19). The Labute approximate surface area is 118 Å². The third-order valence-corrected chi connectivity index (χ3v) is 3.26. The van der Waals surface area contributed by atoms with Crippen LogP contribution in [-0.2, 0) is 9.53 Å². The monoisotopic (exact) mass is 273 g/mol. The number of ether oxygens (including phenoxy) is 1. The number of rotatable bonds is 7. The van der Waals surface area contributed by atoms with Gasteiger partial charge in [0.1, 0.15) is 6.04 Å². The minimum absolute atomic E-state index is 0.605. The smallest absolute Gasteiger partial charge is 0.325 e. The maximum Gasteiger partial charge on any atom is 0.325 e. The molecule has 2 N–H and O–H groups in total. The maximum absolute atomic E-state index is 11.5. The van der Waals surface area contributed by atoms with Crippen molar-refractivity contribution in [3.63, 3.8) is 0 Å². The van der Waals surface area contributed by atoms with Crippen molar-refractivity contribution in [2.75, 3.05) is 20.3 Å². The van der Waals surface area contributed by atoms with Gasteiger partial charge in [0.05, 0.1) is 0 Å². The van der Waals surface area contributed by atoms with Gasteiger partial charge in [0.15, 0.2) is 0 Å². The highest BCUT2D eigenvalue weighted by atomic mass is 16.5. The van der Waals surface area contributed by atoms with Gasteiger partial charge in [-0.15, -0.1) is 0 Å². The summed E-state index contributed by atoms with van der Waals surface area (Å²) in [5.74, 6) is -0.862. The van der Waals surface area contributed by atoms with Crippen LogP contribution in [0.25, 0.3) is 10.8 Å². The molecule has 4 nitrogen and oxygen atoms in total. The van der Waals surface area contributed by atoms with Gasteiger partial charge in [-0.25, -0.2) is 0 Å². The van der Waals surface area contributed by atoms with Crippen molar-refractivity contribution in [1.29, 1.82) is 0 Å². The Bertz CT molecular complexity index is 577. The molecular formula is C16H19NO3. The fourth-order valence-corrected chi connectivity index (χ4v) is 2.30. The molecule has 0 saturated heterocycles. The molecule has 0 saturated carbocycles. The second kappa shape index (κ2) is 7.03. The Morgan fingerprint density at radius 1 is 1.25 bits per heavy atom. The van der Waals surface area contributed by atoms with Crippen molar-refractivity contribution >= 4 is 16.7 Å². The molecule has 1 atom stereocenters. The highest BCUT2D eigenvalue weighted by molar-refractivity contribution is 5.90. The van der Waals surface area contributed by atoms with Gasteiger partial charge in [0, 0.05) is 13.7 Å². The normalized spacial score (nSPS) is 12.4. The average molecular weight is 273 g/mol. The van der Waals surface area contributed by atoms with E-state index in [9.17, 15) is 9.90 Å². The Morgan fingerprint density at radius 2 is 2.00 bits per heavy atom. The predicted molar refractivity (Wildman–Crippen MR) is 78.8 cm³/mol. The van der Waals surface area contributed by atoms with E-state index in [1.165, 1.54) is 0 Å². The molecule has 0 heterocycles. The van der Waals surface area contributed by atoms with Crippen molar-refractivity contribution < 1.29 is 14.6 Å². The molecule has 20 heavy (non-hydrogen) atoms. The van der Waals surface area contributed by atoms with Gasteiger partial charge < -0.3 is 15.2 Å². The van der Waals surface area contributed by atoms with Crippen LogP contribution >= 0.6 is 0 Å². The van der Waals surface area contributed by atoms with Crippen LogP contribution < -0.4 is 5.32 Å². The first-order valence-corrected chi connectivity index (χ1v) is 6.67. The summed E-state index contributed by atoms with van der Waals surface area (Å²) in [5, 5.41) is 14.6. The lowest BCUT2D eigenvalue weighted by Gasteiger charge is -2.17. The number of fused-ring (bicyclic) bond motifs is 1. The Hall–Kier alpha value is -1.91. The van der Waals surface area contributed by atoms with Crippen LogP contribution in [0.2, 0.25) is 0 Å². The zero-order valence-corrected chi connectivity index (χ0v) is 11.5. The summed E-state index contributed by atoms with van der Waals surface area (Å²) >= 11 is 0. The van der Waals surface area contributed by atoms with Gasteiger partial charge in [0.2, 0.25) is 0 Å². The highest BCUT2D eigenvalue weighted by Gasteiger charge is 2.20. The largest absolute Gasteiger partial charge is 0.480 e. The summed E-state index contributed by atoms with van der Waals surface area (Å²) in [5.41, 5.74) is 0.799. The first kappa shape index (κ1) is 14.5. The molecule has 1 unspecified atom stereocenters. The maximum atomic E-state index is 11.5. The Kier molecular flexibility index (Phi) is 5.09. The molecule has 2 aromatic rings. The highest BCUT2D eigenvalue weighted by Crippen LogP contribution is 2.24. The first-order chi connectivity index (χ1) is 9.74. The average Bonchev–Trinajstić information content (AvgIpc) is 2.47. The lowest BCUT2D eigenvalue weighted by Crippen LogP contribution is -2.30. The van der Waals surface area contributed by atoms with Crippen molar-refractivity contribution in [2.45, 2.75) is 12.5 Å². The van der Waals surface area contributed by atoms with E-state index in [1.807, 2.05) is 42.5 Å². The third-order valence-electron chi connectivity index (χ3n) is 3.26. The van der Waals surface area contributed by atoms with E-state index in [0.29, 0.717) is 13.2 Å². The number of carboxylic acids is 1. The van der Waals surface area contributed by atoms with Crippen LogP contribution in [0.15, 0.2) is 42.5 Å². The molecule has 0 amide bonds. The third kappa shape index (κ3) is 3.35. The number of carbonyl (C=O) groups is 1. The number of hydrogen-bond donors (Lipinski definition) is 2. The fourth-order valence-electron chi connectivity index (χ4n) is 2.30. The number of aliphatic carboxylic acids is 1. The zero-order chi connectivity index (χ0) is 14.4. The number of carboxylic acid groups (broad SMARTS) is 1. The summed E-state index contributed by atoms with van der Waals surface area (Å²) in [4.78, 5) is 11.5. The van der Waals surface area contributed by atoms with Crippen molar-refractivity contribution in [3.05, 3.63) is 48.0 Å². The van der Waals surface area contributed by atoms with Crippen LogP contribution in [0, 0.1) is 0 Å². The van der Waals surface area contributed by atoms with E-state index >= 15 is 0 Å². The summed E-state index contributed by atoms with van der Waals surface area (Å²) in [6, 6.07) is 12.9. The van der Waals surface area contributed by atoms with Gasteiger partial charge in [-0.2, -0.15) is 0 Å². The molecule has 0 aliphatic heterocycles. The lowest BCUT2D eigenvalue weighted by atomic mass is 9.98. The summed E-state index contributed by atoms with van der Waals surface area (Å²) in [6.07, 6.45) is 0.783. The second-order valence-electron chi connectivity index (χ2n) is 4.64. The predicted octanol–water partition coefficient (Wildman–Crippen LogP) is 2.59. The number of hydrogen-bond acceptors (Lipinski definition) is 3. The van der Waals surface area contributed by atoms with Gasteiger partial charge >= 0.3 is 5.97 Å². The quantitative estimate of drug-likeness (QED) is 0.761. The van der Waals surface area contributed by atoms with E-state index < -0.39 is 12.0 Å². The van der Waals surface area contributed by atoms with Crippen LogP contribution in [0.1, 0.15) is 18.0 Å². The van der Waals surface area contributed by atoms with E-state index in [2.05, 4.69) is 5.32 Å². The van der Waals surface area contributed by atoms with Crippen LogP contribution in [0.4, 0.5) is 0 Å². The van der Waals surface area contributed by atoms with Crippen LogP contribution in [-0.4, -0.2) is 31.3 Å². The Morgan fingerprint density at radius 3 is 2.75 bits per heavy atom. The molecule has 2 rings (SSSR count). The van der Waals surface area contributed by atoms with Gasteiger partial charge in [0.25, 0.3) is 0 Å². The van der Waals surface area contributed by atoms with Crippen LogP contribution in [0.5, 0.6) is 0 Å². The molecule has 0 spiro atoms. The van der Waals surface area contributed by atoms with E-state index in [0.717, 1.165) is 22.8 Å². The molecule has 4 heteroatoms. The second-order valence-corrected chi connectivity index (χ2v) is 4.64. The molecule has 0 fully saturated rings. The number of nitrogens with one attached hydrogen (secondary N) is 1. The van der Waals surface area contributed by atoms with Gasteiger partial charge in [-0.1, -0.05) is 42.5 Å². The van der Waals surface area contributed by atoms with Crippen molar-refractivity contribution in [3.8, 4) is 0 Å². The van der Waals surface area contributed by atoms with E-state index in [4.69, 9.17) is 4.74 Å².